The third-order valence-corrected chi connectivity index (χ3v) is 14.8. The predicted octanol–water partition coefficient (Wildman–Crippen LogP) is 11.4. The predicted molar refractivity (Wildman–Crippen MR) is 168 cm³/mol. The molecular formula is C33H41F17O5Si. The number of carbonyl (C=O) groups is 1. The van der Waals surface area contributed by atoms with Crippen molar-refractivity contribution in [2.24, 2.45) is 5.92 Å². The van der Waals surface area contributed by atoms with Gasteiger partial charge in [0, 0.05) is 17.9 Å². The molecule has 56 heavy (non-hydrogen) atoms. The quantitative estimate of drug-likeness (QED) is 0.0438. The van der Waals surface area contributed by atoms with E-state index in [1.165, 1.54) is 65.0 Å². The molecule has 0 fully saturated rings. The van der Waals surface area contributed by atoms with E-state index in [0.717, 1.165) is 0 Å². The number of alkyl halides is 17. The van der Waals surface area contributed by atoms with Crippen molar-refractivity contribution in [3.8, 4) is 5.75 Å². The highest BCUT2D eigenvalue weighted by Crippen LogP contribution is 2.64. The summed E-state index contributed by atoms with van der Waals surface area (Å²) in [5, 5.41) is 10.7. The highest BCUT2D eigenvalue weighted by Gasteiger charge is 2.95. The van der Waals surface area contributed by atoms with Crippen LogP contribution in [0.5, 0.6) is 5.75 Å². The highest BCUT2D eigenvalue weighted by atomic mass is 28.4. The van der Waals surface area contributed by atoms with E-state index in [4.69, 9.17) is 13.9 Å². The Labute approximate surface area is 311 Å². The third kappa shape index (κ3) is 9.55. The van der Waals surface area contributed by atoms with Crippen LogP contribution >= 0.6 is 0 Å². The smallest absolute Gasteiger partial charge is 0.460 e. The van der Waals surface area contributed by atoms with Crippen LogP contribution in [-0.2, 0) is 14.0 Å². The van der Waals surface area contributed by atoms with Gasteiger partial charge in [-0.05, 0) is 48.7 Å². The van der Waals surface area contributed by atoms with Crippen LogP contribution in [0.15, 0.2) is 35.9 Å². The second kappa shape index (κ2) is 17.6. The molecule has 0 aliphatic carbocycles. The molecule has 0 unspecified atom stereocenters. The minimum absolute atomic E-state index is 0.140. The van der Waals surface area contributed by atoms with Crippen LogP contribution in [0.25, 0.3) is 0 Å². The lowest BCUT2D eigenvalue weighted by atomic mass is 9.88. The van der Waals surface area contributed by atoms with Crippen molar-refractivity contribution in [3.63, 3.8) is 0 Å². The number of aliphatic hydroxyl groups excluding tert-OH is 1. The summed E-state index contributed by atoms with van der Waals surface area (Å²) in [6.45, 7) is 9.30. The summed E-state index contributed by atoms with van der Waals surface area (Å²) in [5.41, 5.74) is -1.07. The van der Waals surface area contributed by atoms with Gasteiger partial charge in [-0.2, -0.15) is 74.6 Å². The lowest BCUT2D eigenvalue weighted by Gasteiger charge is -2.44. The number of benzene rings is 1. The Morgan fingerprint density at radius 2 is 1.12 bits per heavy atom. The third-order valence-electron chi connectivity index (χ3n) is 9.12. The van der Waals surface area contributed by atoms with Gasteiger partial charge in [-0.15, -0.1) is 0 Å². The van der Waals surface area contributed by atoms with Gasteiger partial charge in [0.05, 0.1) is 19.3 Å². The average Bonchev–Trinajstić information content (AvgIpc) is 3.06. The van der Waals surface area contributed by atoms with Crippen LogP contribution in [0.4, 0.5) is 74.6 Å². The molecule has 23 heteroatoms. The molecule has 0 heterocycles. The molecule has 0 aromatic heterocycles. The van der Waals surface area contributed by atoms with Crippen LogP contribution in [-0.4, -0.2) is 86.8 Å². The monoisotopic (exact) mass is 868 g/mol. The summed E-state index contributed by atoms with van der Waals surface area (Å²) in [7, 11) is -3.95. The lowest BCUT2D eigenvalue weighted by molar-refractivity contribution is -0.461. The van der Waals surface area contributed by atoms with Crippen molar-refractivity contribution in [2.45, 2.75) is 126 Å². The molecule has 0 saturated heterocycles. The van der Waals surface area contributed by atoms with Gasteiger partial charge in [0.2, 0.25) is 0 Å². The van der Waals surface area contributed by atoms with E-state index in [-0.39, 0.29) is 24.5 Å². The van der Waals surface area contributed by atoms with Crippen LogP contribution in [0.3, 0.4) is 0 Å². The molecule has 0 bridgehead atoms. The summed E-state index contributed by atoms with van der Waals surface area (Å²) in [6.07, 6.45) is -9.96. The van der Waals surface area contributed by atoms with E-state index in [1.807, 2.05) is 0 Å². The van der Waals surface area contributed by atoms with Crippen molar-refractivity contribution in [1.82, 2.24) is 0 Å². The van der Waals surface area contributed by atoms with Gasteiger partial charge in [-0.3, -0.25) is 0 Å². The van der Waals surface area contributed by atoms with Crippen LogP contribution in [0.2, 0.25) is 17.1 Å². The van der Waals surface area contributed by atoms with E-state index >= 15 is 0 Å². The lowest BCUT2D eigenvalue weighted by Crippen LogP contribution is -2.74. The topological polar surface area (TPSA) is 65.0 Å². The molecule has 1 aromatic rings. The first-order chi connectivity index (χ1) is 25.0. The molecule has 0 amide bonds. The summed E-state index contributed by atoms with van der Waals surface area (Å²) in [4.78, 5) is 11.8. The molecule has 0 aliphatic rings. The molecular weight excluding hydrogens is 827 g/mol. The minimum atomic E-state index is -8.68. The maximum absolute atomic E-state index is 14.8. The van der Waals surface area contributed by atoms with Crippen molar-refractivity contribution in [3.05, 3.63) is 41.5 Å². The first kappa shape index (κ1) is 51.2. The number of esters is 1. The SMILES string of the molecule is CCOC(=O)/C(C)=C/[C@H](C)[C@H](O)c1ccc(OCCO[Si](CCC(F)(F)C(F)(F)C(F)(F)C(F)(F)C(F)(F)C(F)(F)C(F)(F)C(F)(F)F)(C(C)C)C(C)C)cc1. The summed E-state index contributed by atoms with van der Waals surface area (Å²) >= 11 is 0. The number of hydrogen-bond donors (Lipinski definition) is 1. The van der Waals surface area contributed by atoms with E-state index in [2.05, 4.69) is 0 Å². The molecule has 0 aliphatic heterocycles. The van der Waals surface area contributed by atoms with Crippen molar-refractivity contribution >= 4 is 14.3 Å². The number of ether oxygens (including phenoxy) is 2. The fourth-order valence-corrected chi connectivity index (χ4v) is 10.1. The van der Waals surface area contributed by atoms with Gasteiger partial charge in [-0.1, -0.05) is 52.8 Å². The van der Waals surface area contributed by atoms with E-state index in [1.54, 1.807) is 13.8 Å². The van der Waals surface area contributed by atoms with Gasteiger partial charge >= 0.3 is 53.6 Å². The Morgan fingerprint density at radius 1 is 0.696 bits per heavy atom. The normalized spacial score (nSPS) is 16.0. The van der Waals surface area contributed by atoms with E-state index in [0.29, 0.717) is 5.56 Å². The first-order valence-electron chi connectivity index (χ1n) is 16.6. The number of rotatable bonds is 21. The van der Waals surface area contributed by atoms with Gasteiger partial charge in [-0.25, -0.2) is 4.79 Å². The Kier molecular flexibility index (Phi) is 16.1. The summed E-state index contributed by atoms with van der Waals surface area (Å²) in [6, 6.07) is 4.38. The molecule has 2 atom stereocenters. The molecule has 1 N–H and O–H groups in total. The van der Waals surface area contributed by atoms with Gasteiger partial charge < -0.3 is 19.0 Å². The van der Waals surface area contributed by atoms with Crippen LogP contribution < -0.4 is 4.74 Å². The molecule has 326 valence electrons. The first-order valence-corrected chi connectivity index (χ1v) is 18.9. The zero-order valence-electron chi connectivity index (χ0n) is 30.7. The number of carbonyl (C=O) groups excluding carboxylic acids is 1. The molecule has 0 radical (unpaired) electrons. The van der Waals surface area contributed by atoms with Crippen LogP contribution in [0.1, 0.15) is 66.6 Å². The number of hydrogen-bond acceptors (Lipinski definition) is 5. The fourth-order valence-electron chi connectivity index (χ4n) is 5.61. The van der Waals surface area contributed by atoms with Crippen molar-refractivity contribution < 1.29 is 98.4 Å². The Morgan fingerprint density at radius 3 is 1.54 bits per heavy atom. The molecule has 5 nitrogen and oxygen atoms in total. The van der Waals surface area contributed by atoms with Gasteiger partial charge in [0.1, 0.15) is 12.4 Å². The van der Waals surface area contributed by atoms with Gasteiger partial charge in [0.25, 0.3) is 0 Å². The summed E-state index contributed by atoms with van der Waals surface area (Å²) < 4.78 is 250. The largest absolute Gasteiger partial charge is 0.491 e. The van der Waals surface area contributed by atoms with Crippen molar-refractivity contribution in [2.75, 3.05) is 19.8 Å². The molecule has 0 spiro atoms. The standard InChI is InChI=1S/C33H41F17O5Si/c1-8-53-25(52)21(7)17-20(6)24(51)22-9-11-23(12-10-22)54-14-15-55-56(18(2)3,19(4)5)16-13-26(34,35)27(36,37)28(38,39)29(40,41)30(42,43)31(44,45)32(46,47)33(48,49)50/h9-12,17-20,24,51H,8,13-16H2,1-7H3/b21-17+/t20-,24-/m0/s1. The molecule has 1 rings (SSSR count). The molecule has 1 aromatic carbocycles. The van der Waals surface area contributed by atoms with E-state index < -0.39 is 104 Å². The van der Waals surface area contributed by atoms with Crippen LogP contribution in [0, 0.1) is 5.92 Å². The highest BCUT2D eigenvalue weighted by molar-refractivity contribution is 6.76. The number of aliphatic hydroxyl groups is 1. The van der Waals surface area contributed by atoms with E-state index in [9.17, 15) is 84.5 Å². The second-order valence-corrected chi connectivity index (χ2v) is 18.6. The zero-order valence-corrected chi connectivity index (χ0v) is 31.7. The molecule has 0 saturated carbocycles. The maximum atomic E-state index is 14.8. The Balaban J connectivity index is 3.23. The van der Waals surface area contributed by atoms with Crippen molar-refractivity contribution in [1.29, 1.82) is 0 Å². The Hall–Kier alpha value is -2.82. The Bertz CT molecular complexity index is 1470. The maximum Gasteiger partial charge on any atom is 0.460 e. The second-order valence-electron chi connectivity index (χ2n) is 13.6. The average molecular weight is 869 g/mol. The van der Waals surface area contributed by atoms with Gasteiger partial charge in [0.15, 0.2) is 8.32 Å². The summed E-state index contributed by atoms with van der Waals surface area (Å²) in [5.74, 6) is -57.7. The number of halogens is 17. The fraction of sp³-hybridized carbons (Fsp3) is 0.727. The zero-order chi connectivity index (χ0) is 44.3. The minimum Gasteiger partial charge on any atom is -0.491 e.